The van der Waals surface area contributed by atoms with Gasteiger partial charge in [-0.15, -0.1) is 13.0 Å². The average molecular weight is 442 g/mol. The number of carbonyl (C=O) groups excluding carboxylic acids is 3. The van der Waals surface area contributed by atoms with E-state index in [-0.39, 0.29) is 19.0 Å². The second kappa shape index (κ2) is 13.2. The molecule has 0 aliphatic rings. The molecule has 32 heavy (non-hydrogen) atoms. The molecule has 1 unspecified atom stereocenters. The van der Waals surface area contributed by atoms with E-state index in [0.717, 1.165) is 19.3 Å². The minimum atomic E-state index is -0.963. The predicted molar refractivity (Wildman–Crippen MR) is 126 cm³/mol. The van der Waals surface area contributed by atoms with E-state index in [4.69, 9.17) is 11.2 Å². The molecule has 2 N–H and O–H groups in total. The number of amides is 3. The smallest absolute Gasteiger partial charge is 0.408 e. The highest BCUT2D eigenvalue weighted by Crippen LogP contribution is 2.25. The molecule has 1 aromatic rings. The highest BCUT2D eigenvalue weighted by atomic mass is 16.6. The summed E-state index contributed by atoms with van der Waals surface area (Å²) in [6, 6.07) is 6.04. The summed E-state index contributed by atoms with van der Waals surface area (Å²) in [6.07, 6.45) is 9.32. The maximum absolute atomic E-state index is 13.2. The van der Waals surface area contributed by atoms with Crippen molar-refractivity contribution in [2.75, 3.05) is 19.6 Å². The number of nitrogens with zero attached hydrogens (tertiary/aromatic N) is 1. The highest BCUT2D eigenvalue weighted by molar-refractivity contribution is 5.91. The van der Waals surface area contributed by atoms with E-state index in [1.54, 1.807) is 45.0 Å². The zero-order chi connectivity index (χ0) is 24.1. The number of rotatable bonds is 11. The first-order chi connectivity index (χ1) is 15.1. The molecule has 0 saturated carbocycles. The third kappa shape index (κ3) is 8.84. The third-order valence-corrected chi connectivity index (χ3v) is 4.48. The molecule has 0 aliphatic carbocycles. The normalized spacial score (nSPS) is 11.6. The monoisotopic (exact) mass is 441 g/mol. The van der Waals surface area contributed by atoms with E-state index < -0.39 is 23.6 Å². The van der Waals surface area contributed by atoms with Gasteiger partial charge in [-0.2, -0.15) is 0 Å². The first kappa shape index (κ1) is 26.8. The minimum Gasteiger partial charge on any atom is -0.444 e. The first-order valence-electron chi connectivity index (χ1n) is 10.8. The number of unbranched alkanes of at least 4 members (excludes halogenated alkanes) is 2. The molecular weight excluding hydrogens is 406 g/mol. The Morgan fingerprint density at radius 1 is 1.22 bits per heavy atom. The maximum Gasteiger partial charge on any atom is 0.408 e. The average Bonchev–Trinajstić information content (AvgIpc) is 2.73. The van der Waals surface area contributed by atoms with E-state index in [0.29, 0.717) is 17.7 Å². The van der Waals surface area contributed by atoms with Gasteiger partial charge in [-0.25, -0.2) is 4.79 Å². The van der Waals surface area contributed by atoms with Crippen LogP contribution in [0.4, 0.5) is 4.79 Å². The number of nitrogens with one attached hydrogen (secondary N) is 2. The Kier molecular flexibility index (Phi) is 11.0. The summed E-state index contributed by atoms with van der Waals surface area (Å²) in [7, 11) is 0. The summed E-state index contributed by atoms with van der Waals surface area (Å²) in [5, 5.41) is 5.36. The molecule has 7 nitrogen and oxygen atoms in total. The fourth-order valence-electron chi connectivity index (χ4n) is 3.05. The first-order valence-corrected chi connectivity index (χ1v) is 10.8. The molecule has 3 amide bonds. The fraction of sp³-hybridized carbons (Fsp3) is 0.480. The second-order valence-corrected chi connectivity index (χ2v) is 8.32. The van der Waals surface area contributed by atoms with E-state index in [1.807, 2.05) is 0 Å². The zero-order valence-electron chi connectivity index (χ0n) is 19.6. The molecular formula is C25H35N3O4. The van der Waals surface area contributed by atoms with E-state index >= 15 is 0 Å². The molecule has 0 spiro atoms. The Balaban J connectivity index is 3.16. The number of alkyl carbamates (subject to hydrolysis) is 1. The van der Waals surface area contributed by atoms with Crippen LogP contribution in [0.15, 0.2) is 36.9 Å². The van der Waals surface area contributed by atoms with Gasteiger partial charge in [0.25, 0.3) is 0 Å². The Morgan fingerprint density at radius 3 is 2.50 bits per heavy atom. The number of benzene rings is 1. The van der Waals surface area contributed by atoms with Crippen molar-refractivity contribution in [1.29, 1.82) is 0 Å². The quantitative estimate of drug-likeness (QED) is 0.312. The van der Waals surface area contributed by atoms with Gasteiger partial charge in [0, 0.05) is 18.7 Å². The number of terminal acetylenes is 1. The van der Waals surface area contributed by atoms with Crippen molar-refractivity contribution in [2.45, 2.75) is 58.6 Å². The molecule has 174 valence electrons. The van der Waals surface area contributed by atoms with Crippen LogP contribution in [0.1, 0.15) is 64.1 Å². The summed E-state index contributed by atoms with van der Waals surface area (Å²) < 4.78 is 5.19. The Hall–Kier alpha value is -3.27. The molecule has 7 heteroatoms. The topological polar surface area (TPSA) is 87.7 Å². The van der Waals surface area contributed by atoms with Crippen LogP contribution < -0.4 is 10.6 Å². The number of ether oxygens (including phenoxy) is 1. The molecule has 0 heterocycles. The number of hydrogen-bond acceptors (Lipinski definition) is 4. The molecule has 1 rings (SSSR count). The van der Waals surface area contributed by atoms with Crippen LogP contribution in [-0.2, 0) is 14.3 Å². The van der Waals surface area contributed by atoms with E-state index in [2.05, 4.69) is 30.1 Å². The Bertz CT molecular complexity index is 836. The molecule has 0 radical (unpaired) electrons. The van der Waals surface area contributed by atoms with Crippen molar-refractivity contribution in [3.8, 4) is 12.3 Å². The van der Waals surface area contributed by atoms with E-state index in [1.165, 1.54) is 11.0 Å². The van der Waals surface area contributed by atoms with Crippen LogP contribution in [0, 0.1) is 12.3 Å². The lowest BCUT2D eigenvalue weighted by Gasteiger charge is -2.31. The molecule has 0 aromatic heterocycles. The molecule has 1 atom stereocenters. The van der Waals surface area contributed by atoms with Crippen molar-refractivity contribution in [3.05, 3.63) is 48.0 Å². The Morgan fingerprint density at radius 2 is 1.91 bits per heavy atom. The van der Waals surface area contributed by atoms with Gasteiger partial charge in [0.1, 0.15) is 18.2 Å². The van der Waals surface area contributed by atoms with Gasteiger partial charge in [0.05, 0.1) is 0 Å². The van der Waals surface area contributed by atoms with Crippen LogP contribution in [0.5, 0.6) is 0 Å². The lowest BCUT2D eigenvalue weighted by atomic mass is 9.98. The van der Waals surface area contributed by atoms with Crippen molar-refractivity contribution < 1.29 is 19.1 Å². The van der Waals surface area contributed by atoms with Gasteiger partial charge in [-0.3, -0.25) is 9.59 Å². The van der Waals surface area contributed by atoms with Gasteiger partial charge in [0.15, 0.2) is 0 Å². The van der Waals surface area contributed by atoms with Gasteiger partial charge in [-0.1, -0.05) is 50.0 Å². The summed E-state index contributed by atoms with van der Waals surface area (Å²) in [4.78, 5) is 39.6. The minimum absolute atomic E-state index is 0.0980. The van der Waals surface area contributed by atoms with Crippen LogP contribution in [0.25, 0.3) is 0 Å². The molecule has 0 fully saturated rings. The molecule has 0 bridgehead atoms. The van der Waals surface area contributed by atoms with Crippen molar-refractivity contribution in [2.24, 2.45) is 0 Å². The third-order valence-electron chi connectivity index (χ3n) is 4.48. The van der Waals surface area contributed by atoms with E-state index in [9.17, 15) is 14.4 Å². The van der Waals surface area contributed by atoms with Crippen LogP contribution in [-0.4, -0.2) is 48.0 Å². The number of carbonyl (C=O) groups is 3. The summed E-state index contributed by atoms with van der Waals surface area (Å²) in [6.45, 7) is 11.2. The fourth-order valence-corrected chi connectivity index (χ4v) is 3.05. The lowest BCUT2D eigenvalue weighted by molar-refractivity contribution is -0.139. The summed E-state index contributed by atoms with van der Waals surface area (Å²) in [5.74, 6) is 1.79. The molecule has 0 saturated heterocycles. The Labute approximate surface area is 191 Å². The SMILES string of the molecule is C#Cc1ccccc1C(C(=O)NCCCCC)N(CC=C)C(=O)CNC(=O)OC(C)(C)C. The predicted octanol–water partition coefficient (Wildman–Crippen LogP) is 3.55. The van der Waals surface area contributed by atoms with Crippen molar-refractivity contribution in [3.63, 3.8) is 0 Å². The van der Waals surface area contributed by atoms with Crippen molar-refractivity contribution in [1.82, 2.24) is 15.5 Å². The van der Waals surface area contributed by atoms with Crippen LogP contribution in [0.2, 0.25) is 0 Å². The largest absolute Gasteiger partial charge is 0.444 e. The van der Waals surface area contributed by atoms with Gasteiger partial charge in [0.2, 0.25) is 11.8 Å². The summed E-state index contributed by atoms with van der Waals surface area (Å²) in [5.41, 5.74) is 0.360. The molecule has 0 aliphatic heterocycles. The van der Waals surface area contributed by atoms with Crippen molar-refractivity contribution >= 4 is 17.9 Å². The second-order valence-electron chi connectivity index (χ2n) is 8.32. The number of hydrogen-bond donors (Lipinski definition) is 2. The summed E-state index contributed by atoms with van der Waals surface area (Å²) >= 11 is 0. The standard InChI is InChI=1S/C25H35N3O4/c1-7-10-13-16-26-23(30)22(20-15-12-11-14-19(20)9-3)28(17-8-2)21(29)18-27-24(31)32-25(4,5)6/h3,8,11-12,14-15,22H,2,7,10,13,16-18H2,1,4-6H3,(H,26,30)(H,27,31). The van der Waals surface area contributed by atoms with Crippen LogP contribution in [0.3, 0.4) is 0 Å². The molecule has 1 aromatic carbocycles. The van der Waals surface area contributed by atoms with Gasteiger partial charge < -0.3 is 20.3 Å². The zero-order valence-corrected chi connectivity index (χ0v) is 19.6. The van der Waals surface area contributed by atoms with Gasteiger partial charge >= 0.3 is 6.09 Å². The highest BCUT2D eigenvalue weighted by Gasteiger charge is 2.32. The lowest BCUT2D eigenvalue weighted by Crippen LogP contribution is -2.48. The maximum atomic E-state index is 13.2. The van der Waals surface area contributed by atoms with Crippen LogP contribution >= 0.6 is 0 Å². The van der Waals surface area contributed by atoms with Gasteiger partial charge in [-0.05, 0) is 38.8 Å².